The molecule has 0 amide bonds. The van der Waals surface area contributed by atoms with E-state index in [2.05, 4.69) is 9.98 Å². The van der Waals surface area contributed by atoms with E-state index in [9.17, 15) is 8.78 Å². The van der Waals surface area contributed by atoms with Crippen LogP contribution in [0.3, 0.4) is 0 Å². The van der Waals surface area contributed by atoms with E-state index in [0.29, 0.717) is 5.71 Å². The Kier molecular flexibility index (Phi) is 3.23. The zero-order valence-electron chi connectivity index (χ0n) is 9.19. The molecule has 1 heterocycles. The second-order valence-electron chi connectivity index (χ2n) is 3.51. The summed E-state index contributed by atoms with van der Waals surface area (Å²) in [6.45, 7) is 1.68. The zero-order valence-corrected chi connectivity index (χ0v) is 9.19. The summed E-state index contributed by atoms with van der Waals surface area (Å²) >= 11 is 0. The van der Waals surface area contributed by atoms with Crippen LogP contribution in [0.5, 0.6) is 0 Å². The van der Waals surface area contributed by atoms with Gasteiger partial charge in [0, 0.05) is 23.7 Å². The maximum Gasteiger partial charge on any atom is 0.151 e. The lowest BCUT2D eigenvalue weighted by molar-refractivity contribution is 0.587. The molecule has 2 rings (SSSR count). The molecule has 0 fully saturated rings. The van der Waals surface area contributed by atoms with Crippen molar-refractivity contribution in [1.82, 2.24) is 4.98 Å². The zero-order chi connectivity index (χ0) is 12.3. The summed E-state index contributed by atoms with van der Waals surface area (Å²) in [5.41, 5.74) is 0.978. The van der Waals surface area contributed by atoms with Crippen LogP contribution in [-0.2, 0) is 0 Å². The van der Waals surface area contributed by atoms with E-state index in [1.807, 2.05) is 0 Å². The van der Waals surface area contributed by atoms with Crippen LogP contribution in [0.1, 0.15) is 12.5 Å². The first-order valence-electron chi connectivity index (χ1n) is 5.08. The number of aromatic nitrogens is 1. The van der Waals surface area contributed by atoms with Gasteiger partial charge in [0.05, 0.1) is 0 Å². The Morgan fingerprint density at radius 3 is 2.41 bits per heavy atom. The molecule has 0 atom stereocenters. The Hall–Kier alpha value is -2.10. The Bertz CT molecular complexity index is 530. The van der Waals surface area contributed by atoms with Gasteiger partial charge in [-0.3, -0.25) is 4.98 Å². The van der Waals surface area contributed by atoms with Crippen molar-refractivity contribution in [3.8, 4) is 0 Å². The number of rotatable bonds is 2. The van der Waals surface area contributed by atoms with Crippen LogP contribution in [0.25, 0.3) is 0 Å². The molecular formula is C13H10F2N2. The molecule has 17 heavy (non-hydrogen) atoms. The van der Waals surface area contributed by atoms with E-state index < -0.39 is 11.6 Å². The summed E-state index contributed by atoms with van der Waals surface area (Å²) in [5, 5.41) is 0. The van der Waals surface area contributed by atoms with Crippen molar-refractivity contribution in [3.63, 3.8) is 0 Å². The van der Waals surface area contributed by atoms with Crippen molar-refractivity contribution in [2.75, 3.05) is 0 Å². The van der Waals surface area contributed by atoms with Crippen molar-refractivity contribution < 1.29 is 8.78 Å². The first-order chi connectivity index (χ1) is 8.18. The normalized spacial score (nSPS) is 11.6. The number of hydrogen-bond donors (Lipinski definition) is 0. The molecule has 86 valence electrons. The molecule has 0 spiro atoms. The van der Waals surface area contributed by atoms with Crippen LogP contribution in [0, 0.1) is 11.6 Å². The van der Waals surface area contributed by atoms with Crippen LogP contribution < -0.4 is 0 Å². The predicted molar refractivity (Wildman–Crippen MR) is 62.5 cm³/mol. The lowest BCUT2D eigenvalue weighted by Gasteiger charge is -2.02. The molecule has 0 bridgehead atoms. The summed E-state index contributed by atoms with van der Waals surface area (Å²) in [7, 11) is 0. The summed E-state index contributed by atoms with van der Waals surface area (Å²) < 4.78 is 26.7. The van der Waals surface area contributed by atoms with Gasteiger partial charge in [-0.1, -0.05) is 12.1 Å². The SMILES string of the molecule is CC(=Nc1c(F)cccc1F)c1cccnc1. The number of hydrogen-bond acceptors (Lipinski definition) is 2. The molecule has 0 saturated heterocycles. The molecule has 2 nitrogen and oxygen atoms in total. The molecule has 0 radical (unpaired) electrons. The molecule has 4 heteroatoms. The standard InChI is InChI=1S/C13H10F2N2/c1-9(10-4-3-7-16-8-10)17-13-11(14)5-2-6-12(13)15/h2-8H,1H3. The van der Waals surface area contributed by atoms with Gasteiger partial charge in [0.1, 0.15) is 5.69 Å². The third-order valence-corrected chi connectivity index (χ3v) is 2.30. The van der Waals surface area contributed by atoms with Crippen LogP contribution in [-0.4, -0.2) is 10.7 Å². The van der Waals surface area contributed by atoms with Crippen LogP contribution in [0.2, 0.25) is 0 Å². The first kappa shape index (κ1) is 11.4. The molecule has 0 saturated carbocycles. The van der Waals surface area contributed by atoms with E-state index >= 15 is 0 Å². The van der Waals surface area contributed by atoms with E-state index in [-0.39, 0.29) is 5.69 Å². The molecule has 0 aliphatic rings. The molecule has 1 aromatic carbocycles. The Balaban J connectivity index is 2.43. The Morgan fingerprint density at radius 2 is 1.82 bits per heavy atom. The van der Waals surface area contributed by atoms with Crippen molar-refractivity contribution in [3.05, 3.63) is 59.9 Å². The number of nitrogens with zero attached hydrogens (tertiary/aromatic N) is 2. The molecule has 0 N–H and O–H groups in total. The van der Waals surface area contributed by atoms with Gasteiger partial charge in [-0.05, 0) is 25.1 Å². The van der Waals surface area contributed by atoms with Crippen LogP contribution in [0.15, 0.2) is 47.7 Å². The maximum atomic E-state index is 13.4. The highest BCUT2D eigenvalue weighted by molar-refractivity contribution is 5.99. The fourth-order valence-electron chi connectivity index (χ4n) is 1.40. The van der Waals surface area contributed by atoms with E-state index in [1.165, 1.54) is 18.2 Å². The van der Waals surface area contributed by atoms with Gasteiger partial charge in [-0.2, -0.15) is 0 Å². The van der Waals surface area contributed by atoms with Gasteiger partial charge < -0.3 is 0 Å². The van der Waals surface area contributed by atoms with Crippen LogP contribution in [0.4, 0.5) is 14.5 Å². The highest BCUT2D eigenvalue weighted by atomic mass is 19.1. The lowest BCUT2D eigenvalue weighted by atomic mass is 10.2. The lowest BCUT2D eigenvalue weighted by Crippen LogP contribution is -1.95. The number of halogens is 2. The second kappa shape index (κ2) is 4.82. The summed E-state index contributed by atoms with van der Waals surface area (Å²) in [6.07, 6.45) is 3.22. The minimum atomic E-state index is -0.673. The summed E-state index contributed by atoms with van der Waals surface area (Å²) in [5.74, 6) is -1.35. The summed E-state index contributed by atoms with van der Waals surface area (Å²) in [6, 6.07) is 7.19. The fourth-order valence-corrected chi connectivity index (χ4v) is 1.40. The Morgan fingerprint density at radius 1 is 1.12 bits per heavy atom. The van der Waals surface area contributed by atoms with Crippen molar-refractivity contribution in [1.29, 1.82) is 0 Å². The quantitative estimate of drug-likeness (QED) is 0.727. The molecule has 1 aromatic heterocycles. The first-order valence-corrected chi connectivity index (χ1v) is 5.08. The van der Waals surface area contributed by atoms with Gasteiger partial charge in [0.2, 0.25) is 0 Å². The van der Waals surface area contributed by atoms with Gasteiger partial charge in [-0.15, -0.1) is 0 Å². The van der Waals surface area contributed by atoms with Crippen molar-refractivity contribution >= 4 is 11.4 Å². The predicted octanol–water partition coefficient (Wildman–Crippen LogP) is 3.50. The third kappa shape index (κ3) is 2.53. The average Bonchev–Trinajstić information content (AvgIpc) is 2.35. The van der Waals surface area contributed by atoms with Crippen molar-refractivity contribution in [2.45, 2.75) is 6.92 Å². The number of aliphatic imine (C=N–C) groups is 1. The average molecular weight is 232 g/mol. The monoisotopic (exact) mass is 232 g/mol. The topological polar surface area (TPSA) is 25.2 Å². The van der Waals surface area contributed by atoms with E-state index in [4.69, 9.17) is 0 Å². The number of para-hydroxylation sites is 1. The Labute approximate surface area is 97.7 Å². The maximum absolute atomic E-state index is 13.4. The molecular weight excluding hydrogens is 222 g/mol. The largest absolute Gasteiger partial charge is 0.264 e. The van der Waals surface area contributed by atoms with Gasteiger partial charge >= 0.3 is 0 Å². The highest BCUT2D eigenvalue weighted by Crippen LogP contribution is 2.22. The molecule has 2 aromatic rings. The molecule has 0 aliphatic heterocycles. The van der Waals surface area contributed by atoms with E-state index in [1.54, 1.807) is 31.5 Å². The van der Waals surface area contributed by atoms with Gasteiger partial charge in [0.15, 0.2) is 11.6 Å². The van der Waals surface area contributed by atoms with E-state index in [0.717, 1.165) is 5.56 Å². The molecule has 0 aliphatic carbocycles. The minimum Gasteiger partial charge on any atom is -0.264 e. The number of benzene rings is 1. The summed E-state index contributed by atoms with van der Waals surface area (Å²) in [4.78, 5) is 7.88. The van der Waals surface area contributed by atoms with Crippen LogP contribution >= 0.6 is 0 Å². The van der Waals surface area contributed by atoms with Gasteiger partial charge in [0.25, 0.3) is 0 Å². The fraction of sp³-hybridized carbons (Fsp3) is 0.0769. The second-order valence-corrected chi connectivity index (χ2v) is 3.51. The number of pyridine rings is 1. The van der Waals surface area contributed by atoms with Crippen molar-refractivity contribution in [2.24, 2.45) is 4.99 Å². The van der Waals surface area contributed by atoms with Gasteiger partial charge in [-0.25, -0.2) is 13.8 Å². The smallest absolute Gasteiger partial charge is 0.151 e. The highest BCUT2D eigenvalue weighted by Gasteiger charge is 2.07. The molecule has 0 unspecified atom stereocenters. The minimum absolute atomic E-state index is 0.270. The third-order valence-electron chi connectivity index (χ3n) is 2.30.